The minimum Gasteiger partial charge on any atom is -0.483 e. The lowest BCUT2D eigenvalue weighted by Crippen LogP contribution is -2.01. The van der Waals surface area contributed by atoms with Crippen LogP contribution >= 0.6 is 0 Å². The Morgan fingerprint density at radius 3 is 2.46 bits per heavy atom. The second-order valence-electron chi connectivity index (χ2n) is 2.10. The summed E-state index contributed by atoms with van der Waals surface area (Å²) < 4.78 is 0. The van der Waals surface area contributed by atoms with Crippen molar-refractivity contribution in [1.29, 1.82) is 0 Å². The Labute approximate surface area is 75.6 Å². The van der Waals surface area contributed by atoms with Gasteiger partial charge >= 0.3 is 0 Å². The summed E-state index contributed by atoms with van der Waals surface area (Å²) in [5.74, 6) is 0.682. The molecule has 0 amide bonds. The van der Waals surface area contributed by atoms with Gasteiger partial charge in [-0.1, -0.05) is 6.92 Å². The van der Waals surface area contributed by atoms with Crippen LogP contribution in [0.1, 0.15) is 12.6 Å². The molecule has 13 heavy (non-hydrogen) atoms. The molecule has 1 aromatic heterocycles. The molecule has 0 bridgehead atoms. The third kappa shape index (κ3) is 4.57. The molecule has 0 aromatic carbocycles. The van der Waals surface area contributed by atoms with E-state index in [4.69, 9.17) is 21.4 Å². The number of rotatable bonds is 1. The Morgan fingerprint density at radius 2 is 2.08 bits per heavy atom. The molecule has 0 fully saturated rings. The molecule has 6 heteroatoms. The third-order valence-electron chi connectivity index (χ3n) is 1.18. The van der Waals surface area contributed by atoms with Crippen LogP contribution in [0.15, 0.2) is 6.07 Å². The van der Waals surface area contributed by atoms with Crippen LogP contribution in [-0.2, 0) is 11.2 Å². The Morgan fingerprint density at radius 1 is 1.54 bits per heavy atom. The number of hydrogen-bond acceptors (Lipinski definition) is 5. The number of carboxylic acid groups (broad SMARTS) is 1. The number of aryl methyl sites for hydroxylation is 1. The SMILES string of the molecule is CCc1cc(N)nc(N)n1.O=CO. The van der Waals surface area contributed by atoms with E-state index in [-0.39, 0.29) is 12.4 Å². The number of hydrogen-bond donors (Lipinski definition) is 3. The summed E-state index contributed by atoms with van der Waals surface area (Å²) in [5, 5.41) is 6.89. The van der Waals surface area contributed by atoms with E-state index in [0.717, 1.165) is 12.1 Å². The van der Waals surface area contributed by atoms with Crippen LogP contribution in [0.3, 0.4) is 0 Å². The first-order valence-corrected chi connectivity index (χ1v) is 3.60. The third-order valence-corrected chi connectivity index (χ3v) is 1.18. The van der Waals surface area contributed by atoms with Gasteiger partial charge in [0.05, 0.1) is 0 Å². The van der Waals surface area contributed by atoms with Crippen LogP contribution in [0.4, 0.5) is 11.8 Å². The number of nitrogens with two attached hydrogens (primary N) is 2. The van der Waals surface area contributed by atoms with Crippen molar-refractivity contribution in [2.45, 2.75) is 13.3 Å². The maximum Gasteiger partial charge on any atom is 0.290 e. The molecule has 1 rings (SSSR count). The Hall–Kier alpha value is -1.85. The second kappa shape index (κ2) is 5.76. The first kappa shape index (κ1) is 11.2. The van der Waals surface area contributed by atoms with E-state index in [2.05, 4.69) is 9.97 Å². The predicted molar refractivity (Wildman–Crippen MR) is 48.9 cm³/mol. The summed E-state index contributed by atoms with van der Waals surface area (Å²) in [5.41, 5.74) is 11.6. The van der Waals surface area contributed by atoms with Gasteiger partial charge in [-0.05, 0) is 6.42 Å². The zero-order valence-corrected chi connectivity index (χ0v) is 7.27. The Bertz CT molecular complexity index is 257. The van der Waals surface area contributed by atoms with E-state index in [1.807, 2.05) is 6.92 Å². The maximum absolute atomic E-state index is 8.36. The standard InChI is InChI=1S/C6H10N4.CH2O2/c1-2-4-3-5(7)10-6(8)9-4;2-1-3/h3H,2H2,1H3,(H4,7,8,9,10);1H,(H,2,3). The number of anilines is 2. The fourth-order valence-electron chi connectivity index (χ4n) is 0.721. The molecule has 6 nitrogen and oxygen atoms in total. The lowest BCUT2D eigenvalue weighted by molar-refractivity contribution is -0.122. The van der Waals surface area contributed by atoms with Gasteiger partial charge in [-0.2, -0.15) is 4.98 Å². The van der Waals surface area contributed by atoms with Crippen LogP contribution in [0.25, 0.3) is 0 Å². The monoisotopic (exact) mass is 184 g/mol. The highest BCUT2D eigenvalue weighted by Crippen LogP contribution is 2.03. The van der Waals surface area contributed by atoms with Gasteiger partial charge < -0.3 is 16.6 Å². The zero-order valence-electron chi connectivity index (χ0n) is 7.27. The topological polar surface area (TPSA) is 115 Å². The van der Waals surface area contributed by atoms with E-state index in [9.17, 15) is 0 Å². The van der Waals surface area contributed by atoms with Crippen LogP contribution < -0.4 is 11.5 Å². The van der Waals surface area contributed by atoms with Gasteiger partial charge in [0, 0.05) is 11.8 Å². The van der Waals surface area contributed by atoms with Crippen molar-refractivity contribution >= 4 is 18.2 Å². The summed E-state index contributed by atoms with van der Waals surface area (Å²) in [6.07, 6.45) is 0.830. The smallest absolute Gasteiger partial charge is 0.290 e. The molecule has 0 atom stereocenters. The van der Waals surface area contributed by atoms with Crippen molar-refractivity contribution in [3.8, 4) is 0 Å². The van der Waals surface area contributed by atoms with Gasteiger partial charge in [0.15, 0.2) is 0 Å². The summed E-state index contributed by atoms with van der Waals surface area (Å²) in [6.45, 7) is 1.74. The molecule has 5 N–H and O–H groups in total. The fraction of sp³-hybridized carbons (Fsp3) is 0.286. The predicted octanol–water partition coefficient (Wildman–Crippen LogP) is -0.0958. The van der Waals surface area contributed by atoms with Crippen molar-refractivity contribution < 1.29 is 9.90 Å². The molecular weight excluding hydrogens is 172 g/mol. The van der Waals surface area contributed by atoms with Crippen molar-refractivity contribution in [1.82, 2.24) is 9.97 Å². The average Bonchev–Trinajstić information content (AvgIpc) is 2.04. The minimum absolute atomic E-state index is 0.247. The lowest BCUT2D eigenvalue weighted by atomic mass is 10.3. The molecular formula is C7H12N4O2. The first-order chi connectivity index (χ1) is 6.13. The van der Waals surface area contributed by atoms with Crippen molar-refractivity contribution in [2.24, 2.45) is 0 Å². The molecule has 0 aliphatic heterocycles. The van der Waals surface area contributed by atoms with E-state index >= 15 is 0 Å². The van der Waals surface area contributed by atoms with E-state index in [1.165, 1.54) is 0 Å². The highest BCUT2D eigenvalue weighted by atomic mass is 16.3. The number of carbonyl (C=O) groups is 1. The minimum atomic E-state index is -0.250. The highest BCUT2D eigenvalue weighted by Gasteiger charge is 1.95. The van der Waals surface area contributed by atoms with Gasteiger partial charge in [-0.15, -0.1) is 0 Å². The molecule has 0 saturated heterocycles. The van der Waals surface area contributed by atoms with Crippen LogP contribution in [0.5, 0.6) is 0 Å². The van der Waals surface area contributed by atoms with E-state index in [1.54, 1.807) is 6.07 Å². The molecule has 72 valence electrons. The normalized spacial score (nSPS) is 8.38. The quantitative estimate of drug-likeness (QED) is 0.525. The summed E-state index contributed by atoms with van der Waals surface area (Å²) in [6, 6.07) is 1.72. The summed E-state index contributed by atoms with van der Waals surface area (Å²) in [4.78, 5) is 16.0. The molecule has 0 saturated carbocycles. The summed E-state index contributed by atoms with van der Waals surface area (Å²) >= 11 is 0. The van der Waals surface area contributed by atoms with Crippen LogP contribution in [-0.4, -0.2) is 21.5 Å². The Kier molecular flexibility index (Phi) is 4.94. The largest absolute Gasteiger partial charge is 0.483 e. The van der Waals surface area contributed by atoms with Crippen LogP contribution in [0, 0.1) is 0 Å². The van der Waals surface area contributed by atoms with Gasteiger partial charge in [0.25, 0.3) is 6.47 Å². The zero-order chi connectivity index (χ0) is 10.3. The molecule has 1 heterocycles. The second-order valence-corrected chi connectivity index (χ2v) is 2.10. The van der Waals surface area contributed by atoms with E-state index < -0.39 is 0 Å². The molecule has 1 aromatic rings. The maximum atomic E-state index is 8.36. The molecule has 0 unspecified atom stereocenters. The van der Waals surface area contributed by atoms with Gasteiger partial charge in [-0.3, -0.25) is 4.79 Å². The summed E-state index contributed by atoms with van der Waals surface area (Å²) in [7, 11) is 0. The van der Waals surface area contributed by atoms with Crippen molar-refractivity contribution in [2.75, 3.05) is 11.5 Å². The number of nitrogens with zero attached hydrogens (tertiary/aromatic N) is 2. The van der Waals surface area contributed by atoms with Gasteiger partial charge in [0.2, 0.25) is 5.95 Å². The lowest BCUT2D eigenvalue weighted by Gasteiger charge is -1.97. The van der Waals surface area contributed by atoms with Crippen molar-refractivity contribution in [3.63, 3.8) is 0 Å². The molecule has 0 spiro atoms. The number of nitrogen functional groups attached to an aromatic ring is 2. The first-order valence-electron chi connectivity index (χ1n) is 3.60. The average molecular weight is 184 g/mol. The van der Waals surface area contributed by atoms with Crippen LogP contribution in [0.2, 0.25) is 0 Å². The fourth-order valence-corrected chi connectivity index (χ4v) is 0.721. The van der Waals surface area contributed by atoms with Gasteiger partial charge in [-0.25, -0.2) is 4.98 Å². The molecule has 0 radical (unpaired) electrons. The Balaban J connectivity index is 0.000000424. The van der Waals surface area contributed by atoms with E-state index in [0.29, 0.717) is 5.82 Å². The van der Waals surface area contributed by atoms with Gasteiger partial charge in [0.1, 0.15) is 5.82 Å². The van der Waals surface area contributed by atoms with Crippen molar-refractivity contribution in [3.05, 3.63) is 11.8 Å². The molecule has 0 aliphatic rings. The number of aromatic nitrogens is 2. The highest BCUT2D eigenvalue weighted by molar-refractivity contribution is 5.35. The molecule has 0 aliphatic carbocycles.